The Morgan fingerprint density at radius 2 is 1.92 bits per heavy atom. The van der Waals surface area contributed by atoms with Crippen LogP contribution in [0.5, 0.6) is 11.5 Å². The van der Waals surface area contributed by atoms with Crippen LogP contribution in [0.15, 0.2) is 35.7 Å². The summed E-state index contributed by atoms with van der Waals surface area (Å²) in [4.78, 5) is 16.1. The zero-order valence-electron chi connectivity index (χ0n) is 14.9. The number of methoxy groups -OCH3 is 2. The van der Waals surface area contributed by atoms with Crippen molar-refractivity contribution in [2.75, 3.05) is 27.3 Å². The third-order valence-corrected chi connectivity index (χ3v) is 5.74. The van der Waals surface area contributed by atoms with Gasteiger partial charge in [0.2, 0.25) is 5.91 Å². The molecule has 0 spiro atoms. The fraction of sp³-hybridized carbons (Fsp3) is 0.450. The number of hydrogen-bond donors (Lipinski definition) is 0. The van der Waals surface area contributed by atoms with Crippen LogP contribution in [0.25, 0.3) is 0 Å². The Bertz CT molecular complexity index is 691. The van der Waals surface area contributed by atoms with E-state index in [1.165, 1.54) is 4.88 Å². The summed E-state index contributed by atoms with van der Waals surface area (Å²) in [5.74, 6) is 2.25. The van der Waals surface area contributed by atoms with Crippen molar-refractivity contribution in [3.63, 3.8) is 0 Å². The Morgan fingerprint density at radius 1 is 1.16 bits per heavy atom. The highest BCUT2D eigenvalue weighted by molar-refractivity contribution is 7.09. The van der Waals surface area contributed by atoms with E-state index in [4.69, 9.17) is 9.47 Å². The summed E-state index contributed by atoms with van der Waals surface area (Å²) in [6, 6.07) is 10.00. The Hall–Kier alpha value is -2.01. The molecule has 0 atom stereocenters. The third kappa shape index (κ3) is 4.54. The molecule has 1 fully saturated rings. The molecule has 3 rings (SSSR count). The second-order valence-corrected chi connectivity index (χ2v) is 7.51. The molecule has 0 radical (unpaired) electrons. The first-order valence-electron chi connectivity index (χ1n) is 8.70. The van der Waals surface area contributed by atoms with Crippen LogP contribution in [-0.2, 0) is 17.6 Å². The van der Waals surface area contributed by atoms with Crippen molar-refractivity contribution >= 4 is 17.2 Å². The molecular formula is C20H25NO3S. The van der Waals surface area contributed by atoms with Gasteiger partial charge < -0.3 is 14.4 Å². The number of carbonyl (C=O) groups excluding carboxylic acids is 1. The maximum absolute atomic E-state index is 12.6. The van der Waals surface area contributed by atoms with Crippen LogP contribution in [0.4, 0.5) is 0 Å². The molecule has 1 saturated heterocycles. The minimum atomic E-state index is 0.196. The second-order valence-electron chi connectivity index (χ2n) is 6.47. The first-order chi connectivity index (χ1) is 12.2. The van der Waals surface area contributed by atoms with Crippen molar-refractivity contribution in [1.82, 2.24) is 4.90 Å². The van der Waals surface area contributed by atoms with Gasteiger partial charge in [-0.05, 0) is 54.3 Å². The van der Waals surface area contributed by atoms with Gasteiger partial charge in [0.1, 0.15) is 0 Å². The van der Waals surface area contributed by atoms with Crippen molar-refractivity contribution < 1.29 is 14.3 Å². The molecule has 0 N–H and O–H groups in total. The molecule has 1 aliphatic rings. The lowest BCUT2D eigenvalue weighted by atomic mass is 9.92. The summed E-state index contributed by atoms with van der Waals surface area (Å²) < 4.78 is 10.6. The number of hydrogen-bond acceptors (Lipinski definition) is 4. The van der Waals surface area contributed by atoms with Crippen LogP contribution in [0, 0.1) is 5.92 Å². The van der Waals surface area contributed by atoms with E-state index in [0.29, 0.717) is 23.8 Å². The van der Waals surface area contributed by atoms with Crippen LogP contribution >= 0.6 is 11.3 Å². The Balaban J connectivity index is 1.52. The van der Waals surface area contributed by atoms with Gasteiger partial charge in [0, 0.05) is 18.0 Å². The van der Waals surface area contributed by atoms with Gasteiger partial charge in [-0.15, -0.1) is 11.3 Å². The number of piperidine rings is 1. The molecule has 25 heavy (non-hydrogen) atoms. The minimum absolute atomic E-state index is 0.196. The topological polar surface area (TPSA) is 38.8 Å². The number of amides is 1. The first-order valence-corrected chi connectivity index (χ1v) is 9.58. The predicted molar refractivity (Wildman–Crippen MR) is 101 cm³/mol. The van der Waals surface area contributed by atoms with Crippen molar-refractivity contribution in [2.45, 2.75) is 25.7 Å². The quantitative estimate of drug-likeness (QED) is 0.788. The number of likely N-dealkylation sites (tertiary alicyclic amines) is 1. The van der Waals surface area contributed by atoms with E-state index in [1.54, 1.807) is 14.2 Å². The Morgan fingerprint density at radius 3 is 2.56 bits per heavy atom. The molecule has 2 aromatic rings. The standard InChI is InChI=1S/C20H25NO3S/c1-23-18-6-5-16(13-19(18)24-2)14-20(22)21-9-7-15(8-10-21)12-17-4-3-11-25-17/h3-6,11,13,15H,7-10,12,14H2,1-2H3. The normalized spacial score (nSPS) is 15.2. The number of ether oxygens (including phenoxy) is 2. The number of nitrogens with zero attached hydrogens (tertiary/aromatic N) is 1. The monoisotopic (exact) mass is 359 g/mol. The zero-order chi connectivity index (χ0) is 17.6. The molecular weight excluding hydrogens is 334 g/mol. The summed E-state index contributed by atoms with van der Waals surface area (Å²) >= 11 is 1.83. The zero-order valence-corrected chi connectivity index (χ0v) is 15.7. The number of benzene rings is 1. The van der Waals surface area contributed by atoms with E-state index in [-0.39, 0.29) is 5.91 Å². The molecule has 2 heterocycles. The van der Waals surface area contributed by atoms with Gasteiger partial charge in [0.15, 0.2) is 11.5 Å². The van der Waals surface area contributed by atoms with Crippen LogP contribution in [0.3, 0.4) is 0 Å². The van der Waals surface area contributed by atoms with Crippen LogP contribution < -0.4 is 9.47 Å². The number of carbonyl (C=O) groups is 1. The molecule has 5 heteroatoms. The lowest BCUT2D eigenvalue weighted by Crippen LogP contribution is -2.39. The smallest absolute Gasteiger partial charge is 0.226 e. The molecule has 1 aromatic carbocycles. The van der Waals surface area contributed by atoms with Crippen molar-refractivity contribution in [3.05, 3.63) is 46.2 Å². The van der Waals surface area contributed by atoms with Crippen molar-refractivity contribution in [3.8, 4) is 11.5 Å². The fourth-order valence-electron chi connectivity index (χ4n) is 3.38. The summed E-state index contributed by atoms with van der Waals surface area (Å²) in [7, 11) is 3.23. The molecule has 0 aliphatic carbocycles. The number of rotatable bonds is 6. The lowest BCUT2D eigenvalue weighted by Gasteiger charge is -2.32. The maximum atomic E-state index is 12.6. The average Bonchev–Trinajstić information content (AvgIpc) is 3.15. The van der Waals surface area contributed by atoms with Gasteiger partial charge in [-0.3, -0.25) is 4.79 Å². The molecule has 0 unspecified atom stereocenters. The van der Waals surface area contributed by atoms with Gasteiger partial charge in [-0.1, -0.05) is 12.1 Å². The van der Waals surface area contributed by atoms with E-state index in [1.807, 2.05) is 34.4 Å². The van der Waals surface area contributed by atoms with E-state index in [9.17, 15) is 4.79 Å². The van der Waals surface area contributed by atoms with Gasteiger partial charge >= 0.3 is 0 Å². The predicted octanol–water partition coefficient (Wildman–Crippen LogP) is 3.79. The lowest BCUT2D eigenvalue weighted by molar-refractivity contribution is -0.131. The highest BCUT2D eigenvalue weighted by atomic mass is 32.1. The third-order valence-electron chi connectivity index (χ3n) is 4.84. The highest BCUT2D eigenvalue weighted by Gasteiger charge is 2.23. The van der Waals surface area contributed by atoms with E-state index < -0.39 is 0 Å². The molecule has 1 aromatic heterocycles. The maximum Gasteiger partial charge on any atom is 0.226 e. The Labute approximate surface area is 153 Å². The van der Waals surface area contributed by atoms with E-state index >= 15 is 0 Å². The van der Waals surface area contributed by atoms with E-state index in [0.717, 1.165) is 37.9 Å². The number of thiophene rings is 1. The van der Waals surface area contributed by atoms with Crippen molar-refractivity contribution in [2.24, 2.45) is 5.92 Å². The molecule has 0 saturated carbocycles. The molecule has 0 bridgehead atoms. The SMILES string of the molecule is COc1ccc(CC(=O)N2CCC(Cc3cccs3)CC2)cc1OC. The molecule has 1 aliphatic heterocycles. The van der Waals surface area contributed by atoms with Gasteiger partial charge in [0.05, 0.1) is 20.6 Å². The van der Waals surface area contributed by atoms with Gasteiger partial charge in [-0.25, -0.2) is 0 Å². The Kier molecular flexibility index (Phi) is 5.97. The highest BCUT2D eigenvalue weighted by Crippen LogP contribution is 2.28. The largest absolute Gasteiger partial charge is 0.493 e. The second kappa shape index (κ2) is 8.39. The summed E-state index contributed by atoms with van der Waals surface area (Å²) in [6.45, 7) is 1.73. The average molecular weight is 359 g/mol. The summed E-state index contributed by atoms with van der Waals surface area (Å²) in [6.07, 6.45) is 3.75. The van der Waals surface area contributed by atoms with E-state index in [2.05, 4.69) is 17.5 Å². The van der Waals surface area contributed by atoms with Gasteiger partial charge in [-0.2, -0.15) is 0 Å². The van der Waals surface area contributed by atoms with Crippen LogP contribution in [0.2, 0.25) is 0 Å². The molecule has 1 amide bonds. The first kappa shape index (κ1) is 17.8. The van der Waals surface area contributed by atoms with Crippen molar-refractivity contribution in [1.29, 1.82) is 0 Å². The summed E-state index contributed by atoms with van der Waals surface area (Å²) in [5.41, 5.74) is 0.961. The van der Waals surface area contributed by atoms with Crippen LogP contribution in [0.1, 0.15) is 23.3 Å². The summed E-state index contributed by atoms with van der Waals surface area (Å²) in [5, 5.41) is 2.14. The minimum Gasteiger partial charge on any atom is -0.493 e. The fourth-order valence-corrected chi connectivity index (χ4v) is 4.20. The molecule has 134 valence electrons. The van der Waals surface area contributed by atoms with Crippen LogP contribution in [-0.4, -0.2) is 38.1 Å². The molecule has 4 nitrogen and oxygen atoms in total. The van der Waals surface area contributed by atoms with Gasteiger partial charge in [0.25, 0.3) is 0 Å².